The molecule has 1 heterocycles. The van der Waals surface area contributed by atoms with Crippen LogP contribution in [-0.4, -0.2) is 9.55 Å². The van der Waals surface area contributed by atoms with Gasteiger partial charge in [0, 0.05) is 6.54 Å². The molecule has 1 fully saturated rings. The number of hydrogen-bond donors (Lipinski definition) is 1. The summed E-state index contributed by atoms with van der Waals surface area (Å²) in [5, 5.41) is 0. The molecule has 0 unspecified atom stereocenters. The molecule has 0 atom stereocenters. The number of rotatable bonds is 4. The van der Waals surface area contributed by atoms with Crippen molar-refractivity contribution in [3.8, 4) is 0 Å². The van der Waals surface area contributed by atoms with Crippen LogP contribution in [0.15, 0.2) is 18.2 Å². The second-order valence-electron chi connectivity index (χ2n) is 7.35. The van der Waals surface area contributed by atoms with Gasteiger partial charge in [-0.2, -0.15) is 0 Å². The second-order valence-corrected chi connectivity index (χ2v) is 7.35. The van der Waals surface area contributed by atoms with Crippen LogP contribution in [0.1, 0.15) is 51.5 Å². The Kier molecular flexibility index (Phi) is 3.68. The maximum atomic E-state index is 6.22. The van der Waals surface area contributed by atoms with Gasteiger partial charge < -0.3 is 10.3 Å². The molecule has 0 saturated heterocycles. The van der Waals surface area contributed by atoms with Gasteiger partial charge in [-0.1, -0.05) is 32.8 Å². The zero-order valence-electron chi connectivity index (χ0n) is 13.5. The van der Waals surface area contributed by atoms with Crippen molar-refractivity contribution in [3.63, 3.8) is 0 Å². The third-order valence-corrected chi connectivity index (χ3v) is 4.93. The normalized spacial score (nSPS) is 17.9. The fraction of sp³-hybridized carbons (Fsp3) is 0.611. The minimum Gasteiger partial charge on any atom is -0.369 e. The number of fused-ring (bicyclic) bond motifs is 1. The summed E-state index contributed by atoms with van der Waals surface area (Å²) in [5.41, 5.74) is 10.1. The van der Waals surface area contributed by atoms with E-state index in [1.54, 1.807) is 0 Å². The number of anilines is 1. The molecule has 3 rings (SSSR count). The first-order valence-electron chi connectivity index (χ1n) is 8.21. The Morgan fingerprint density at radius 1 is 1.29 bits per heavy atom. The van der Waals surface area contributed by atoms with Crippen molar-refractivity contribution >= 4 is 17.0 Å². The van der Waals surface area contributed by atoms with E-state index in [9.17, 15) is 0 Å². The van der Waals surface area contributed by atoms with Gasteiger partial charge in [-0.15, -0.1) is 0 Å². The predicted octanol–water partition coefficient (Wildman–Crippen LogP) is 4.53. The van der Waals surface area contributed by atoms with Crippen LogP contribution < -0.4 is 5.73 Å². The molecule has 0 spiro atoms. The van der Waals surface area contributed by atoms with Crippen LogP contribution in [0.25, 0.3) is 11.0 Å². The van der Waals surface area contributed by atoms with E-state index in [1.807, 2.05) is 0 Å². The molecule has 2 N–H and O–H groups in total. The van der Waals surface area contributed by atoms with E-state index in [-0.39, 0.29) is 0 Å². The first-order chi connectivity index (χ1) is 9.99. The number of nitrogen functional groups attached to an aromatic ring is 1. The molecular formula is C18H27N3. The van der Waals surface area contributed by atoms with Gasteiger partial charge >= 0.3 is 0 Å². The van der Waals surface area contributed by atoms with Crippen molar-refractivity contribution < 1.29 is 0 Å². The Morgan fingerprint density at radius 3 is 2.67 bits per heavy atom. The summed E-state index contributed by atoms with van der Waals surface area (Å²) >= 11 is 0. The number of nitrogens with zero attached hydrogens (tertiary/aromatic N) is 2. The highest BCUT2D eigenvalue weighted by atomic mass is 15.2. The minimum absolute atomic E-state index is 0.417. The van der Waals surface area contributed by atoms with Crippen LogP contribution in [-0.2, 0) is 6.54 Å². The van der Waals surface area contributed by atoms with E-state index < -0.39 is 0 Å². The lowest BCUT2D eigenvalue weighted by atomic mass is 9.78. The largest absolute Gasteiger partial charge is 0.369 e. The molecule has 0 radical (unpaired) electrons. The molecule has 114 valence electrons. The highest BCUT2D eigenvalue weighted by molar-refractivity contribution is 5.79. The predicted molar refractivity (Wildman–Crippen MR) is 89.2 cm³/mol. The maximum Gasteiger partial charge on any atom is 0.201 e. The van der Waals surface area contributed by atoms with Gasteiger partial charge in [0.05, 0.1) is 11.0 Å². The number of benzene rings is 1. The lowest BCUT2D eigenvalue weighted by Crippen LogP contribution is -2.26. The van der Waals surface area contributed by atoms with Crippen LogP contribution in [0.5, 0.6) is 0 Å². The van der Waals surface area contributed by atoms with E-state index >= 15 is 0 Å². The molecule has 0 aliphatic heterocycles. The second kappa shape index (κ2) is 5.36. The molecule has 1 saturated carbocycles. The van der Waals surface area contributed by atoms with Gasteiger partial charge in [-0.05, 0) is 55.2 Å². The van der Waals surface area contributed by atoms with Crippen molar-refractivity contribution in [1.29, 1.82) is 0 Å². The van der Waals surface area contributed by atoms with Crippen molar-refractivity contribution in [2.45, 2.75) is 59.4 Å². The van der Waals surface area contributed by atoms with E-state index in [1.165, 1.54) is 43.2 Å². The average Bonchev–Trinajstić information content (AvgIpc) is 2.95. The fourth-order valence-corrected chi connectivity index (χ4v) is 4.18. The summed E-state index contributed by atoms with van der Waals surface area (Å²) < 4.78 is 2.25. The van der Waals surface area contributed by atoms with Crippen molar-refractivity contribution in [1.82, 2.24) is 9.55 Å². The van der Waals surface area contributed by atoms with Gasteiger partial charge in [0.1, 0.15) is 0 Å². The summed E-state index contributed by atoms with van der Waals surface area (Å²) in [6, 6.07) is 6.46. The number of imidazole rings is 1. The van der Waals surface area contributed by atoms with Crippen LogP contribution in [0.2, 0.25) is 0 Å². The minimum atomic E-state index is 0.417. The third kappa shape index (κ3) is 2.78. The van der Waals surface area contributed by atoms with Gasteiger partial charge in [0.25, 0.3) is 0 Å². The molecule has 1 aliphatic rings. The van der Waals surface area contributed by atoms with Gasteiger partial charge in [0.15, 0.2) is 0 Å². The summed E-state index contributed by atoms with van der Waals surface area (Å²) in [5.74, 6) is 1.41. The molecule has 3 heteroatoms. The molecule has 3 nitrogen and oxygen atoms in total. The third-order valence-electron chi connectivity index (χ3n) is 4.93. The van der Waals surface area contributed by atoms with Crippen LogP contribution in [0, 0.1) is 18.3 Å². The Bertz CT molecular complexity index is 633. The van der Waals surface area contributed by atoms with Crippen molar-refractivity contribution in [2.24, 2.45) is 11.3 Å². The molecule has 2 aromatic rings. The van der Waals surface area contributed by atoms with E-state index in [0.717, 1.165) is 18.0 Å². The Balaban J connectivity index is 1.98. The highest BCUT2D eigenvalue weighted by Crippen LogP contribution is 2.45. The van der Waals surface area contributed by atoms with Crippen LogP contribution in [0.3, 0.4) is 0 Å². The van der Waals surface area contributed by atoms with Crippen molar-refractivity contribution in [3.05, 3.63) is 23.8 Å². The fourth-order valence-electron chi connectivity index (χ4n) is 4.18. The Labute approximate surface area is 127 Å². The molecule has 1 aromatic carbocycles. The number of aromatic nitrogens is 2. The summed E-state index contributed by atoms with van der Waals surface area (Å²) in [7, 11) is 0. The quantitative estimate of drug-likeness (QED) is 0.896. The number of nitrogens with two attached hydrogens (primary N) is 1. The summed E-state index contributed by atoms with van der Waals surface area (Å²) in [6.45, 7) is 7.79. The number of hydrogen-bond acceptors (Lipinski definition) is 2. The van der Waals surface area contributed by atoms with Crippen LogP contribution >= 0.6 is 0 Å². The average molecular weight is 285 g/mol. The topological polar surface area (TPSA) is 43.8 Å². The maximum absolute atomic E-state index is 6.22. The first-order valence-corrected chi connectivity index (χ1v) is 8.21. The molecule has 1 aliphatic carbocycles. The molecule has 1 aromatic heterocycles. The van der Waals surface area contributed by atoms with E-state index in [4.69, 9.17) is 5.73 Å². The summed E-state index contributed by atoms with van der Waals surface area (Å²) in [6.07, 6.45) is 6.67. The monoisotopic (exact) mass is 285 g/mol. The zero-order valence-corrected chi connectivity index (χ0v) is 13.5. The van der Waals surface area contributed by atoms with Gasteiger partial charge in [-0.3, -0.25) is 0 Å². The van der Waals surface area contributed by atoms with Gasteiger partial charge in [-0.25, -0.2) is 4.98 Å². The van der Waals surface area contributed by atoms with Crippen LogP contribution in [0.4, 0.5) is 5.95 Å². The number of aryl methyl sites for hydroxylation is 1. The first kappa shape index (κ1) is 14.4. The SMILES string of the molecule is Cc1ccc2c(c1)nc(N)n2CC1(CC(C)C)CCCC1. The zero-order chi connectivity index (χ0) is 15.0. The lowest BCUT2D eigenvalue weighted by Gasteiger charge is -2.32. The summed E-state index contributed by atoms with van der Waals surface area (Å²) in [4.78, 5) is 4.57. The molecule has 0 amide bonds. The Hall–Kier alpha value is -1.51. The molecule has 21 heavy (non-hydrogen) atoms. The molecule has 0 bridgehead atoms. The van der Waals surface area contributed by atoms with Gasteiger partial charge in [0.2, 0.25) is 5.95 Å². The van der Waals surface area contributed by atoms with E-state index in [2.05, 4.69) is 48.5 Å². The highest BCUT2D eigenvalue weighted by Gasteiger charge is 2.35. The van der Waals surface area contributed by atoms with Crippen molar-refractivity contribution in [2.75, 3.05) is 5.73 Å². The smallest absolute Gasteiger partial charge is 0.201 e. The molecular weight excluding hydrogens is 258 g/mol. The standard InChI is InChI=1S/C18H27N3/c1-13(2)11-18(8-4-5-9-18)12-21-16-7-6-14(3)10-15(16)20-17(21)19/h6-7,10,13H,4-5,8-9,11-12H2,1-3H3,(H2,19,20). The lowest BCUT2D eigenvalue weighted by molar-refractivity contribution is 0.200. The Morgan fingerprint density at radius 2 is 2.00 bits per heavy atom. The van der Waals surface area contributed by atoms with E-state index in [0.29, 0.717) is 11.4 Å².